The molecule has 0 spiro atoms. The Balaban J connectivity index is 2.81. The predicted molar refractivity (Wildman–Crippen MR) is 46.5 cm³/mol. The maximum atomic E-state index is 4.16. The highest BCUT2D eigenvalue weighted by atomic mass is 32.1. The third-order valence-electron chi connectivity index (χ3n) is 1.50. The first-order chi connectivity index (χ1) is 4.84. The molecule has 0 amide bonds. The average molecular weight is 153 g/mol. The molecule has 2 heteroatoms. The Morgan fingerprint density at radius 3 is 3.00 bits per heavy atom. The third-order valence-corrected chi connectivity index (χ3v) is 1.72. The number of pyridine rings is 1. The Morgan fingerprint density at radius 2 is 2.40 bits per heavy atom. The zero-order chi connectivity index (χ0) is 7.40. The average Bonchev–Trinajstić information content (AvgIpc) is 1.94. The molecule has 0 aliphatic carbocycles. The predicted octanol–water partition coefficient (Wildman–Crippen LogP) is 1.86. The van der Waals surface area contributed by atoms with E-state index in [0.29, 0.717) is 0 Å². The zero-order valence-electron chi connectivity index (χ0n) is 6.04. The van der Waals surface area contributed by atoms with E-state index in [-0.39, 0.29) is 0 Å². The van der Waals surface area contributed by atoms with Gasteiger partial charge in [-0.3, -0.25) is 4.98 Å². The maximum Gasteiger partial charge on any atom is 0.0404 e. The van der Waals surface area contributed by atoms with Gasteiger partial charge in [0.1, 0.15) is 0 Å². The fourth-order valence-electron chi connectivity index (χ4n) is 0.902. The lowest BCUT2D eigenvalue weighted by molar-refractivity contribution is 1.06. The van der Waals surface area contributed by atoms with Crippen LogP contribution < -0.4 is 0 Å². The van der Waals surface area contributed by atoms with Gasteiger partial charge in [0.05, 0.1) is 0 Å². The first kappa shape index (κ1) is 7.61. The highest BCUT2D eigenvalue weighted by molar-refractivity contribution is 7.80. The molecule has 0 bridgehead atoms. The van der Waals surface area contributed by atoms with Gasteiger partial charge in [0, 0.05) is 11.9 Å². The highest BCUT2D eigenvalue weighted by Gasteiger charge is 1.94. The second kappa shape index (κ2) is 3.62. The molecular weight excluding hydrogens is 142 g/mol. The summed E-state index contributed by atoms with van der Waals surface area (Å²) >= 11 is 4.15. The van der Waals surface area contributed by atoms with Crippen LogP contribution in [-0.4, -0.2) is 10.7 Å². The van der Waals surface area contributed by atoms with Crippen molar-refractivity contribution in [3.05, 3.63) is 29.6 Å². The van der Waals surface area contributed by atoms with Gasteiger partial charge >= 0.3 is 0 Å². The summed E-state index contributed by atoms with van der Waals surface area (Å²) in [5.41, 5.74) is 2.43. The molecule has 0 unspecified atom stereocenters. The molecule has 1 nitrogen and oxygen atoms in total. The molecule has 0 saturated heterocycles. The van der Waals surface area contributed by atoms with Crippen LogP contribution in [0.4, 0.5) is 0 Å². The minimum Gasteiger partial charge on any atom is -0.261 e. The minimum atomic E-state index is 0.895. The standard InChI is InChI=1S/C8H11NS/c1-7-8(4-6-10)3-2-5-9-7/h2-3,5,10H,4,6H2,1H3. The first-order valence-electron chi connectivity index (χ1n) is 3.36. The summed E-state index contributed by atoms with van der Waals surface area (Å²) in [5.74, 6) is 0.895. The van der Waals surface area contributed by atoms with Crippen LogP contribution >= 0.6 is 12.6 Å². The van der Waals surface area contributed by atoms with Crippen molar-refractivity contribution in [1.29, 1.82) is 0 Å². The van der Waals surface area contributed by atoms with Crippen LogP contribution in [-0.2, 0) is 6.42 Å². The molecule has 0 saturated carbocycles. The summed E-state index contributed by atoms with van der Waals surface area (Å²) < 4.78 is 0. The first-order valence-corrected chi connectivity index (χ1v) is 3.99. The Labute approximate surface area is 66.9 Å². The molecule has 1 aromatic heterocycles. The molecule has 0 aromatic carbocycles. The van der Waals surface area contributed by atoms with Gasteiger partial charge < -0.3 is 0 Å². The van der Waals surface area contributed by atoms with Gasteiger partial charge in [-0.25, -0.2) is 0 Å². The van der Waals surface area contributed by atoms with E-state index < -0.39 is 0 Å². The van der Waals surface area contributed by atoms with E-state index in [1.165, 1.54) is 5.56 Å². The van der Waals surface area contributed by atoms with E-state index in [2.05, 4.69) is 23.7 Å². The molecule has 1 rings (SSSR count). The largest absolute Gasteiger partial charge is 0.261 e. The van der Waals surface area contributed by atoms with Crippen LogP contribution in [0.3, 0.4) is 0 Å². The lowest BCUT2D eigenvalue weighted by atomic mass is 10.1. The van der Waals surface area contributed by atoms with E-state index >= 15 is 0 Å². The number of aryl methyl sites for hydroxylation is 2. The maximum absolute atomic E-state index is 4.16. The molecule has 0 radical (unpaired) electrons. The van der Waals surface area contributed by atoms with Gasteiger partial charge in [0.15, 0.2) is 0 Å². The summed E-state index contributed by atoms with van der Waals surface area (Å²) in [7, 11) is 0. The number of nitrogens with zero attached hydrogens (tertiary/aromatic N) is 1. The van der Waals surface area contributed by atoms with E-state index in [1.54, 1.807) is 0 Å². The van der Waals surface area contributed by atoms with Gasteiger partial charge in [-0.2, -0.15) is 12.6 Å². The monoisotopic (exact) mass is 153 g/mol. The molecule has 10 heavy (non-hydrogen) atoms. The van der Waals surface area contributed by atoms with Crippen molar-refractivity contribution in [2.24, 2.45) is 0 Å². The van der Waals surface area contributed by atoms with E-state index in [4.69, 9.17) is 0 Å². The number of hydrogen-bond acceptors (Lipinski definition) is 2. The summed E-state index contributed by atoms with van der Waals surface area (Å²) in [5, 5.41) is 0. The van der Waals surface area contributed by atoms with E-state index in [0.717, 1.165) is 17.9 Å². The van der Waals surface area contributed by atoms with Crippen LogP contribution in [0, 0.1) is 6.92 Å². The molecule has 0 atom stereocenters. The normalized spacial score (nSPS) is 9.80. The van der Waals surface area contributed by atoms with Crippen LogP contribution in [0.25, 0.3) is 0 Å². The number of rotatable bonds is 2. The summed E-state index contributed by atoms with van der Waals surface area (Å²) in [4.78, 5) is 4.16. The Hall–Kier alpha value is -0.500. The lowest BCUT2D eigenvalue weighted by Crippen LogP contribution is -1.92. The van der Waals surface area contributed by atoms with Gasteiger partial charge in [-0.15, -0.1) is 0 Å². The molecule has 0 aliphatic heterocycles. The van der Waals surface area contributed by atoms with Crippen LogP contribution in [0.15, 0.2) is 18.3 Å². The van der Waals surface area contributed by atoms with Gasteiger partial charge in [0.2, 0.25) is 0 Å². The molecule has 1 aromatic rings. The van der Waals surface area contributed by atoms with Gasteiger partial charge in [-0.05, 0) is 30.7 Å². The topological polar surface area (TPSA) is 12.9 Å². The minimum absolute atomic E-state index is 0.895. The van der Waals surface area contributed by atoms with Crippen molar-refractivity contribution in [3.63, 3.8) is 0 Å². The quantitative estimate of drug-likeness (QED) is 0.640. The van der Waals surface area contributed by atoms with E-state index in [1.807, 2.05) is 19.2 Å². The molecular formula is C8H11NS. The molecule has 0 fully saturated rings. The molecule has 0 N–H and O–H groups in total. The Bertz CT molecular complexity index is 210. The van der Waals surface area contributed by atoms with Crippen molar-refractivity contribution in [2.45, 2.75) is 13.3 Å². The van der Waals surface area contributed by atoms with Crippen molar-refractivity contribution in [3.8, 4) is 0 Å². The van der Waals surface area contributed by atoms with Crippen molar-refractivity contribution in [1.82, 2.24) is 4.98 Å². The Morgan fingerprint density at radius 1 is 1.60 bits per heavy atom. The fourth-order valence-corrected chi connectivity index (χ4v) is 1.14. The summed E-state index contributed by atoms with van der Waals surface area (Å²) in [6.45, 7) is 2.03. The summed E-state index contributed by atoms with van der Waals surface area (Å²) in [6, 6.07) is 4.06. The van der Waals surface area contributed by atoms with Crippen LogP contribution in [0.1, 0.15) is 11.3 Å². The Kier molecular flexibility index (Phi) is 2.75. The van der Waals surface area contributed by atoms with Gasteiger partial charge in [-0.1, -0.05) is 6.07 Å². The number of thiol groups is 1. The number of aromatic nitrogens is 1. The van der Waals surface area contributed by atoms with Crippen molar-refractivity contribution < 1.29 is 0 Å². The molecule has 54 valence electrons. The van der Waals surface area contributed by atoms with Crippen molar-refractivity contribution in [2.75, 3.05) is 5.75 Å². The molecule has 1 heterocycles. The number of hydrogen-bond donors (Lipinski definition) is 1. The fraction of sp³-hybridized carbons (Fsp3) is 0.375. The highest BCUT2D eigenvalue weighted by Crippen LogP contribution is 2.04. The SMILES string of the molecule is Cc1ncccc1CCS. The van der Waals surface area contributed by atoms with Crippen LogP contribution in [0.2, 0.25) is 0 Å². The summed E-state index contributed by atoms with van der Waals surface area (Å²) in [6.07, 6.45) is 2.83. The lowest BCUT2D eigenvalue weighted by Gasteiger charge is -1.99. The van der Waals surface area contributed by atoms with Crippen molar-refractivity contribution >= 4 is 12.6 Å². The van der Waals surface area contributed by atoms with E-state index in [9.17, 15) is 0 Å². The molecule has 0 aliphatic rings. The zero-order valence-corrected chi connectivity index (χ0v) is 6.94. The van der Waals surface area contributed by atoms with Crippen LogP contribution in [0.5, 0.6) is 0 Å². The van der Waals surface area contributed by atoms with Gasteiger partial charge in [0.25, 0.3) is 0 Å². The second-order valence-corrected chi connectivity index (χ2v) is 2.67. The third kappa shape index (κ3) is 1.74. The smallest absolute Gasteiger partial charge is 0.0404 e. The second-order valence-electron chi connectivity index (χ2n) is 2.22.